The molecule has 0 spiro atoms. The molecule has 1 aliphatic carbocycles. The van der Waals surface area contributed by atoms with Crippen molar-refractivity contribution in [1.82, 2.24) is 14.8 Å². The number of piperidine rings is 1. The van der Waals surface area contributed by atoms with E-state index in [4.69, 9.17) is 4.74 Å². The first-order valence-corrected chi connectivity index (χ1v) is 14.4. The highest BCUT2D eigenvalue weighted by atomic mass is 19.1. The average Bonchev–Trinajstić information content (AvgIpc) is 3.68. The maximum Gasteiger partial charge on any atom is 0.254 e. The summed E-state index contributed by atoms with van der Waals surface area (Å²) in [5.41, 5.74) is 3.26. The van der Waals surface area contributed by atoms with Crippen molar-refractivity contribution in [3.63, 3.8) is 0 Å². The fraction of sp³-hybridized carbons (Fsp3) is 0.469. The smallest absolute Gasteiger partial charge is 0.254 e. The van der Waals surface area contributed by atoms with Crippen molar-refractivity contribution >= 4 is 28.2 Å². The molecule has 0 radical (unpaired) electrons. The molecule has 2 fully saturated rings. The molecule has 3 N–H and O–H groups in total. The van der Waals surface area contributed by atoms with Gasteiger partial charge in [0.1, 0.15) is 17.7 Å². The number of benzene rings is 2. The highest BCUT2D eigenvalue weighted by molar-refractivity contribution is 5.96. The van der Waals surface area contributed by atoms with E-state index in [9.17, 15) is 13.6 Å². The van der Waals surface area contributed by atoms with Gasteiger partial charge in [0, 0.05) is 42.8 Å². The van der Waals surface area contributed by atoms with Gasteiger partial charge < -0.3 is 30.2 Å². The molecule has 9 heteroatoms. The van der Waals surface area contributed by atoms with Gasteiger partial charge >= 0.3 is 0 Å². The van der Waals surface area contributed by atoms with Crippen LogP contribution in [-0.4, -0.2) is 67.4 Å². The Kier molecular flexibility index (Phi) is 8.69. The largest absolute Gasteiger partial charge is 0.495 e. The molecule has 3 aromatic rings. The quantitative estimate of drug-likeness (QED) is 0.310. The minimum absolute atomic E-state index is 0.0690. The number of nitrogens with zero attached hydrogens (tertiary/aromatic N) is 2. The zero-order valence-electron chi connectivity index (χ0n) is 24.2. The lowest BCUT2D eigenvalue weighted by atomic mass is 10.0. The molecule has 1 saturated heterocycles. The Balaban J connectivity index is 1.36. The van der Waals surface area contributed by atoms with Crippen LogP contribution in [0.2, 0.25) is 0 Å². The van der Waals surface area contributed by atoms with Gasteiger partial charge in [-0.05, 0) is 76.3 Å². The van der Waals surface area contributed by atoms with E-state index in [0.717, 1.165) is 41.8 Å². The summed E-state index contributed by atoms with van der Waals surface area (Å²) in [5.74, 6) is 6.35. The fourth-order valence-corrected chi connectivity index (χ4v) is 5.34. The lowest BCUT2D eigenvalue weighted by molar-refractivity contribution is 0.0938. The molecule has 2 unspecified atom stereocenters. The van der Waals surface area contributed by atoms with Crippen molar-refractivity contribution in [2.24, 2.45) is 5.92 Å². The molecule has 1 aliphatic heterocycles. The lowest BCUT2D eigenvalue weighted by Crippen LogP contribution is -2.46. The summed E-state index contributed by atoms with van der Waals surface area (Å²) in [7, 11) is 3.43. The SMILES string of the molecule is COc1cc(C(=O)NC(C)C)c(F)cc1NCC#Cc1cc2c(NC3CCN(C)CC3F)cccc2n1CC1CC1. The van der Waals surface area contributed by atoms with Crippen molar-refractivity contribution in [2.45, 2.75) is 57.9 Å². The van der Waals surface area contributed by atoms with Gasteiger partial charge in [0.05, 0.1) is 42.2 Å². The predicted molar refractivity (Wildman–Crippen MR) is 160 cm³/mol. The Morgan fingerprint density at radius 2 is 1.98 bits per heavy atom. The van der Waals surface area contributed by atoms with Gasteiger partial charge in [0.25, 0.3) is 5.91 Å². The minimum atomic E-state index is -0.927. The second kappa shape index (κ2) is 12.4. The van der Waals surface area contributed by atoms with Gasteiger partial charge in [0.15, 0.2) is 0 Å². The number of nitrogens with one attached hydrogen (secondary N) is 3. The number of hydrogen-bond acceptors (Lipinski definition) is 5. The van der Waals surface area contributed by atoms with Gasteiger partial charge in [-0.15, -0.1) is 0 Å². The van der Waals surface area contributed by atoms with Crippen LogP contribution in [0.15, 0.2) is 36.4 Å². The van der Waals surface area contributed by atoms with Gasteiger partial charge in [-0.2, -0.15) is 0 Å². The molecule has 5 rings (SSSR count). The lowest BCUT2D eigenvalue weighted by Gasteiger charge is -2.33. The first kappa shape index (κ1) is 28.7. The van der Waals surface area contributed by atoms with Crippen LogP contribution in [0.4, 0.5) is 20.2 Å². The number of halogens is 2. The van der Waals surface area contributed by atoms with Gasteiger partial charge in [-0.1, -0.05) is 12.0 Å². The van der Waals surface area contributed by atoms with Crippen LogP contribution in [0.5, 0.6) is 5.75 Å². The number of carbonyl (C=O) groups is 1. The number of anilines is 2. The average molecular weight is 564 g/mol. The zero-order valence-corrected chi connectivity index (χ0v) is 24.2. The van der Waals surface area contributed by atoms with Crippen molar-refractivity contribution in [1.29, 1.82) is 0 Å². The topological polar surface area (TPSA) is 70.6 Å². The number of amides is 1. The minimum Gasteiger partial charge on any atom is -0.495 e. The van der Waals surface area contributed by atoms with Crippen molar-refractivity contribution in [2.75, 3.05) is 44.4 Å². The maximum absolute atomic E-state index is 14.8. The van der Waals surface area contributed by atoms with E-state index < -0.39 is 17.9 Å². The van der Waals surface area contributed by atoms with Crippen LogP contribution < -0.4 is 20.7 Å². The Bertz CT molecular complexity index is 1470. The monoisotopic (exact) mass is 563 g/mol. The first-order valence-electron chi connectivity index (χ1n) is 14.4. The van der Waals surface area contributed by atoms with Crippen LogP contribution >= 0.6 is 0 Å². The number of likely N-dealkylation sites (tertiary alicyclic amines) is 1. The highest BCUT2D eigenvalue weighted by Crippen LogP contribution is 2.35. The number of fused-ring (bicyclic) bond motifs is 1. The Morgan fingerprint density at radius 3 is 2.68 bits per heavy atom. The first-order chi connectivity index (χ1) is 19.7. The third-order valence-corrected chi connectivity index (χ3v) is 7.71. The van der Waals surface area contributed by atoms with Crippen molar-refractivity contribution in [3.8, 4) is 17.6 Å². The fourth-order valence-electron chi connectivity index (χ4n) is 5.34. The van der Waals surface area contributed by atoms with Gasteiger partial charge in [-0.25, -0.2) is 8.78 Å². The molecule has 2 atom stereocenters. The molecule has 7 nitrogen and oxygen atoms in total. The normalized spacial score (nSPS) is 19.1. The van der Waals surface area contributed by atoms with Crippen LogP contribution in [0.1, 0.15) is 49.2 Å². The third-order valence-electron chi connectivity index (χ3n) is 7.71. The summed E-state index contributed by atoms with van der Waals surface area (Å²) in [6.45, 7) is 6.08. The van der Waals surface area contributed by atoms with E-state index in [0.29, 0.717) is 23.9 Å². The van der Waals surface area contributed by atoms with Gasteiger partial charge in [-0.3, -0.25) is 4.79 Å². The second-order valence-corrected chi connectivity index (χ2v) is 11.5. The standard InChI is InChI=1S/C32H39F2N5O2/c1-20(2)36-32(40)23-16-31(41-4)29(17-25(23)33)35-13-6-7-22-15-24-27(37-28-12-14-38(3)19-26(28)34)8-5-9-30(24)39(22)18-21-10-11-21/h5,8-9,15-17,20-21,26,28,35,37H,10-14,18-19H2,1-4H3,(H,36,40). The van der Waals surface area contributed by atoms with Crippen molar-refractivity contribution < 1.29 is 18.3 Å². The summed E-state index contributed by atoms with van der Waals surface area (Å²) in [5, 5.41) is 10.3. The zero-order chi connectivity index (χ0) is 29.1. The van der Waals surface area contributed by atoms with Crippen LogP contribution in [0.3, 0.4) is 0 Å². The maximum atomic E-state index is 14.8. The molecule has 1 aromatic heterocycles. The summed E-state index contributed by atoms with van der Waals surface area (Å²) < 4.78 is 37.2. The molecule has 2 aromatic carbocycles. The Labute approximate surface area is 240 Å². The van der Waals surface area contributed by atoms with Gasteiger partial charge in [0.2, 0.25) is 0 Å². The molecular weight excluding hydrogens is 524 g/mol. The summed E-state index contributed by atoms with van der Waals surface area (Å²) in [6.07, 6.45) is 2.25. The molecule has 2 heterocycles. The molecule has 1 saturated carbocycles. The molecular formula is C32H39F2N5O2. The highest BCUT2D eigenvalue weighted by Gasteiger charge is 2.28. The molecule has 1 amide bonds. The van der Waals surface area contributed by atoms with E-state index in [1.165, 1.54) is 32.1 Å². The number of alkyl halides is 1. The number of hydrogen-bond donors (Lipinski definition) is 3. The number of ether oxygens (including phenoxy) is 1. The van der Waals surface area contributed by atoms with E-state index in [1.807, 2.05) is 37.9 Å². The van der Waals surface area contributed by atoms with E-state index >= 15 is 0 Å². The number of aromatic nitrogens is 1. The molecule has 218 valence electrons. The third kappa shape index (κ3) is 6.76. The van der Waals surface area contributed by atoms with Crippen LogP contribution in [0, 0.1) is 23.6 Å². The summed E-state index contributed by atoms with van der Waals surface area (Å²) in [6, 6.07) is 10.5. The summed E-state index contributed by atoms with van der Waals surface area (Å²) >= 11 is 0. The number of rotatable bonds is 9. The molecule has 41 heavy (non-hydrogen) atoms. The van der Waals surface area contributed by atoms with Crippen LogP contribution in [-0.2, 0) is 6.54 Å². The number of methoxy groups -OCH3 is 1. The number of carbonyl (C=O) groups excluding carboxylic acids is 1. The van der Waals surface area contributed by atoms with Crippen LogP contribution in [0.25, 0.3) is 10.9 Å². The summed E-state index contributed by atoms with van der Waals surface area (Å²) in [4.78, 5) is 14.4. The van der Waals surface area contributed by atoms with Crippen molar-refractivity contribution in [3.05, 3.63) is 53.5 Å². The molecule has 2 aliphatic rings. The van der Waals surface area contributed by atoms with E-state index in [1.54, 1.807) is 0 Å². The van der Waals surface area contributed by atoms with E-state index in [-0.39, 0.29) is 24.2 Å². The second-order valence-electron chi connectivity index (χ2n) is 11.5. The molecule has 0 bridgehead atoms. The van der Waals surface area contributed by atoms with E-state index in [2.05, 4.69) is 44.5 Å². The predicted octanol–water partition coefficient (Wildman–Crippen LogP) is 5.25. The Hall–Kier alpha value is -3.77. The Morgan fingerprint density at radius 1 is 1.17 bits per heavy atom.